The third-order valence-electron chi connectivity index (χ3n) is 4.31. The van der Waals surface area contributed by atoms with E-state index in [4.69, 9.17) is 14.2 Å². The van der Waals surface area contributed by atoms with Crippen molar-refractivity contribution >= 4 is 17.5 Å². The van der Waals surface area contributed by atoms with Crippen LogP contribution < -0.4 is 20.1 Å². The van der Waals surface area contributed by atoms with Gasteiger partial charge in [0.15, 0.2) is 6.61 Å². The first-order valence-electron chi connectivity index (χ1n) is 9.24. The summed E-state index contributed by atoms with van der Waals surface area (Å²) in [6.07, 6.45) is 1.58. The molecule has 0 spiro atoms. The molecular formula is C21H24N2O5. The molecule has 1 aliphatic rings. The predicted molar refractivity (Wildman–Crippen MR) is 105 cm³/mol. The number of hydrogen-bond acceptors (Lipinski definition) is 5. The summed E-state index contributed by atoms with van der Waals surface area (Å²) < 4.78 is 16.9. The van der Waals surface area contributed by atoms with Crippen LogP contribution in [0.4, 0.5) is 5.69 Å². The average molecular weight is 384 g/mol. The Kier molecular flexibility index (Phi) is 6.86. The molecule has 2 aromatic carbocycles. The Morgan fingerprint density at radius 3 is 2.57 bits per heavy atom. The lowest BCUT2D eigenvalue weighted by Crippen LogP contribution is -2.27. The Bertz CT molecular complexity index is 804. The molecule has 1 heterocycles. The number of rotatable bonds is 7. The van der Waals surface area contributed by atoms with Gasteiger partial charge in [0.25, 0.3) is 11.8 Å². The summed E-state index contributed by atoms with van der Waals surface area (Å²) in [5.74, 6) is 0.352. The maximum absolute atomic E-state index is 12.3. The van der Waals surface area contributed by atoms with Crippen LogP contribution in [0, 0.1) is 0 Å². The fourth-order valence-corrected chi connectivity index (χ4v) is 2.85. The van der Waals surface area contributed by atoms with Crippen LogP contribution in [0.15, 0.2) is 48.5 Å². The van der Waals surface area contributed by atoms with Crippen LogP contribution in [0.25, 0.3) is 0 Å². The van der Waals surface area contributed by atoms with Gasteiger partial charge in [-0.25, -0.2) is 0 Å². The zero-order valence-electron chi connectivity index (χ0n) is 15.8. The van der Waals surface area contributed by atoms with Crippen LogP contribution in [0.1, 0.15) is 23.2 Å². The molecule has 1 fully saturated rings. The highest BCUT2D eigenvalue weighted by Crippen LogP contribution is 2.27. The number of anilines is 1. The minimum Gasteiger partial charge on any atom is -0.489 e. The molecule has 0 bridgehead atoms. The summed E-state index contributed by atoms with van der Waals surface area (Å²) in [7, 11) is 1.56. The van der Waals surface area contributed by atoms with E-state index in [9.17, 15) is 9.59 Å². The highest BCUT2D eigenvalue weighted by Gasteiger charge is 2.20. The lowest BCUT2D eigenvalue weighted by molar-refractivity contribution is -0.118. The molecule has 2 N–H and O–H groups in total. The van der Waals surface area contributed by atoms with Crippen molar-refractivity contribution in [3.8, 4) is 11.5 Å². The van der Waals surface area contributed by atoms with Crippen molar-refractivity contribution in [2.24, 2.45) is 0 Å². The molecule has 7 nitrogen and oxygen atoms in total. The molecule has 148 valence electrons. The SMILES string of the molecule is CNC(=O)c1cc(OCC(=O)Nc2ccccc2)ccc1OC1CCOCC1. The second-order valence-electron chi connectivity index (χ2n) is 6.37. The Balaban J connectivity index is 1.64. The van der Waals surface area contributed by atoms with E-state index in [0.717, 1.165) is 12.8 Å². The number of para-hydroxylation sites is 1. The second kappa shape index (κ2) is 9.75. The van der Waals surface area contributed by atoms with E-state index in [1.165, 1.54) is 0 Å². The summed E-state index contributed by atoms with van der Waals surface area (Å²) in [4.78, 5) is 24.3. The van der Waals surface area contributed by atoms with Gasteiger partial charge in [-0.3, -0.25) is 9.59 Å². The van der Waals surface area contributed by atoms with Crippen molar-refractivity contribution < 1.29 is 23.8 Å². The Morgan fingerprint density at radius 2 is 1.86 bits per heavy atom. The molecule has 0 atom stereocenters. The Hall–Kier alpha value is -3.06. The highest BCUT2D eigenvalue weighted by atomic mass is 16.5. The van der Waals surface area contributed by atoms with Crippen LogP contribution in [0.5, 0.6) is 11.5 Å². The highest BCUT2D eigenvalue weighted by molar-refractivity contribution is 5.97. The molecule has 3 rings (SSSR count). The molecule has 2 aromatic rings. The number of amides is 2. The lowest BCUT2D eigenvalue weighted by Gasteiger charge is -2.24. The number of hydrogen-bond donors (Lipinski definition) is 2. The number of carbonyl (C=O) groups excluding carboxylic acids is 2. The molecule has 1 saturated heterocycles. The fraction of sp³-hybridized carbons (Fsp3) is 0.333. The summed E-state index contributed by atoms with van der Waals surface area (Å²) in [5.41, 5.74) is 1.07. The summed E-state index contributed by atoms with van der Waals surface area (Å²) >= 11 is 0. The molecule has 2 amide bonds. The van der Waals surface area contributed by atoms with E-state index >= 15 is 0 Å². The van der Waals surface area contributed by atoms with Gasteiger partial charge in [0.05, 0.1) is 18.8 Å². The van der Waals surface area contributed by atoms with E-state index in [1.807, 2.05) is 18.2 Å². The van der Waals surface area contributed by atoms with Gasteiger partial charge >= 0.3 is 0 Å². The van der Waals surface area contributed by atoms with Gasteiger partial charge in [0.1, 0.15) is 17.6 Å². The van der Waals surface area contributed by atoms with Gasteiger partial charge in [-0.05, 0) is 30.3 Å². The number of carbonyl (C=O) groups is 2. The Labute approximate surface area is 164 Å². The summed E-state index contributed by atoms with van der Waals surface area (Å²) in [6, 6.07) is 14.1. The van der Waals surface area contributed by atoms with Gasteiger partial charge in [0, 0.05) is 25.6 Å². The molecule has 28 heavy (non-hydrogen) atoms. The van der Waals surface area contributed by atoms with Crippen LogP contribution in [0.3, 0.4) is 0 Å². The zero-order chi connectivity index (χ0) is 19.8. The minimum atomic E-state index is -0.282. The van der Waals surface area contributed by atoms with Crippen LogP contribution >= 0.6 is 0 Å². The average Bonchev–Trinajstić information content (AvgIpc) is 2.74. The minimum absolute atomic E-state index is 0.0144. The van der Waals surface area contributed by atoms with Crippen LogP contribution in [0.2, 0.25) is 0 Å². The smallest absolute Gasteiger partial charge is 0.262 e. The van der Waals surface area contributed by atoms with Crippen molar-refractivity contribution in [1.29, 1.82) is 0 Å². The van der Waals surface area contributed by atoms with Crippen LogP contribution in [-0.2, 0) is 9.53 Å². The first-order valence-corrected chi connectivity index (χ1v) is 9.24. The van der Waals surface area contributed by atoms with Crippen molar-refractivity contribution in [3.63, 3.8) is 0 Å². The fourth-order valence-electron chi connectivity index (χ4n) is 2.85. The number of nitrogens with one attached hydrogen (secondary N) is 2. The molecular weight excluding hydrogens is 360 g/mol. The number of benzene rings is 2. The van der Waals surface area contributed by atoms with Crippen molar-refractivity contribution in [2.45, 2.75) is 18.9 Å². The van der Waals surface area contributed by atoms with Crippen molar-refractivity contribution in [2.75, 3.05) is 32.2 Å². The molecule has 0 unspecified atom stereocenters. The first-order chi connectivity index (χ1) is 13.7. The van der Waals surface area contributed by atoms with E-state index in [0.29, 0.717) is 36.0 Å². The van der Waals surface area contributed by atoms with Crippen LogP contribution in [-0.4, -0.2) is 44.8 Å². The summed E-state index contributed by atoms with van der Waals surface area (Å²) in [6.45, 7) is 1.14. The molecule has 7 heteroatoms. The van der Waals surface area contributed by atoms with Gasteiger partial charge in [-0.1, -0.05) is 18.2 Å². The maximum atomic E-state index is 12.3. The first kappa shape index (κ1) is 19.7. The largest absolute Gasteiger partial charge is 0.489 e. The molecule has 0 radical (unpaired) electrons. The molecule has 0 aromatic heterocycles. The van der Waals surface area contributed by atoms with Crippen molar-refractivity contribution in [1.82, 2.24) is 5.32 Å². The monoisotopic (exact) mass is 384 g/mol. The quantitative estimate of drug-likeness (QED) is 0.766. The third-order valence-corrected chi connectivity index (χ3v) is 4.31. The van der Waals surface area contributed by atoms with Gasteiger partial charge in [-0.2, -0.15) is 0 Å². The molecule has 0 saturated carbocycles. The lowest BCUT2D eigenvalue weighted by atomic mass is 10.1. The molecule has 0 aliphatic carbocycles. The maximum Gasteiger partial charge on any atom is 0.262 e. The normalized spacial score (nSPS) is 14.2. The third kappa shape index (κ3) is 5.47. The predicted octanol–water partition coefficient (Wildman–Crippen LogP) is 2.62. The Morgan fingerprint density at radius 1 is 1.11 bits per heavy atom. The van der Waals surface area contributed by atoms with E-state index in [1.54, 1.807) is 37.4 Å². The zero-order valence-corrected chi connectivity index (χ0v) is 15.8. The van der Waals surface area contributed by atoms with Crippen molar-refractivity contribution in [3.05, 3.63) is 54.1 Å². The van der Waals surface area contributed by atoms with E-state index in [2.05, 4.69) is 10.6 Å². The van der Waals surface area contributed by atoms with E-state index < -0.39 is 0 Å². The van der Waals surface area contributed by atoms with Gasteiger partial charge in [-0.15, -0.1) is 0 Å². The van der Waals surface area contributed by atoms with Gasteiger partial charge in [0.2, 0.25) is 0 Å². The van der Waals surface area contributed by atoms with Gasteiger partial charge < -0.3 is 24.8 Å². The van der Waals surface area contributed by atoms with E-state index in [-0.39, 0.29) is 24.5 Å². The molecule has 1 aliphatic heterocycles. The second-order valence-corrected chi connectivity index (χ2v) is 6.37. The number of ether oxygens (including phenoxy) is 3. The summed E-state index contributed by atoms with van der Waals surface area (Å²) in [5, 5.41) is 5.35. The topological polar surface area (TPSA) is 85.9 Å². The standard InChI is InChI=1S/C21H24N2O5/c1-22-21(25)18-13-17(7-8-19(18)28-16-9-11-26-12-10-16)27-14-20(24)23-15-5-3-2-4-6-15/h2-8,13,16H,9-12,14H2,1H3,(H,22,25)(H,23,24).